The molecule has 0 aliphatic heterocycles. The van der Waals surface area contributed by atoms with Gasteiger partial charge in [-0.1, -0.05) is 416 Å². The van der Waals surface area contributed by atoms with Crippen molar-refractivity contribution in [3.8, 4) is 0 Å². The zero-order valence-corrected chi connectivity index (χ0v) is 60.4. The Hall–Kier alpha value is -1.92. The van der Waals surface area contributed by atoms with Crippen molar-refractivity contribution < 1.29 is 24.5 Å². The van der Waals surface area contributed by atoms with Gasteiger partial charge >= 0.3 is 5.97 Å². The first-order valence-electron chi connectivity index (χ1n) is 40.8. The highest BCUT2D eigenvalue weighted by Gasteiger charge is 2.18. The van der Waals surface area contributed by atoms with Crippen LogP contribution in [0.5, 0.6) is 0 Å². The first-order valence-corrected chi connectivity index (χ1v) is 40.8. The van der Waals surface area contributed by atoms with Gasteiger partial charge in [-0.3, -0.25) is 9.59 Å². The lowest BCUT2D eigenvalue weighted by atomic mass is 10.0. The first kappa shape index (κ1) is 87.1. The maximum Gasteiger partial charge on any atom is 0.305 e. The largest absolute Gasteiger partial charge is 0.466 e. The Balaban J connectivity index is 3.34. The molecule has 0 aliphatic rings. The van der Waals surface area contributed by atoms with Gasteiger partial charge < -0.3 is 20.3 Å². The van der Waals surface area contributed by atoms with E-state index < -0.39 is 12.1 Å². The molecule has 0 aliphatic carbocycles. The van der Waals surface area contributed by atoms with Crippen LogP contribution in [0.15, 0.2) is 36.5 Å². The molecule has 0 spiro atoms. The summed E-state index contributed by atoms with van der Waals surface area (Å²) in [6, 6.07) is -0.625. The minimum atomic E-state index is -0.842. The Morgan fingerprint density at radius 3 is 0.865 bits per heavy atom. The summed E-state index contributed by atoms with van der Waals surface area (Å²) in [6.07, 6.45) is 103. The van der Waals surface area contributed by atoms with Crippen molar-refractivity contribution in [1.82, 2.24) is 5.32 Å². The maximum atomic E-state index is 12.5. The second kappa shape index (κ2) is 78.5. The molecule has 2 atom stereocenters. The summed E-state index contributed by atoms with van der Waals surface area (Å²) >= 11 is 0. The van der Waals surface area contributed by atoms with Crippen LogP contribution < -0.4 is 5.32 Å². The molecule has 526 valence electrons. The van der Waals surface area contributed by atoms with Crippen molar-refractivity contribution in [3.05, 3.63) is 36.5 Å². The molecule has 0 saturated carbocycles. The van der Waals surface area contributed by atoms with E-state index in [0.29, 0.717) is 19.4 Å². The average molecular weight is 1250 g/mol. The van der Waals surface area contributed by atoms with Gasteiger partial charge in [0.15, 0.2) is 0 Å². The van der Waals surface area contributed by atoms with E-state index in [1.165, 1.54) is 379 Å². The molecule has 0 fully saturated rings. The van der Waals surface area contributed by atoms with Crippen LogP contribution in [0.1, 0.15) is 457 Å². The Morgan fingerprint density at radius 2 is 0.562 bits per heavy atom. The average Bonchev–Trinajstić information content (AvgIpc) is 3.55. The standard InChI is InChI=1S/C83H159NO5/c1-3-5-7-9-11-13-15-17-19-21-23-37-40-43-47-51-55-59-63-67-71-75-81(86)80(79-85)84-82(87)76-72-68-64-60-56-52-48-44-41-38-35-33-31-29-27-25-24-26-28-30-32-34-36-39-42-46-50-54-58-62-66-70-74-78-89-83(88)77-73-69-65-61-57-53-49-45-22-20-18-16-14-12-10-8-6-4-2/h14,16,20,22,71,75,80-81,85-86H,3-13,15,17-19,21,23-70,72-74,76-79H2,1-2H3,(H,84,87)/b16-14-,22-20-,75-71+. The number of hydrogen-bond acceptors (Lipinski definition) is 5. The van der Waals surface area contributed by atoms with E-state index in [9.17, 15) is 19.8 Å². The number of amides is 1. The number of hydrogen-bond donors (Lipinski definition) is 3. The quantitative estimate of drug-likeness (QED) is 0.0320. The molecule has 6 nitrogen and oxygen atoms in total. The van der Waals surface area contributed by atoms with E-state index >= 15 is 0 Å². The molecular formula is C83H159NO5. The molecule has 0 saturated heterocycles. The van der Waals surface area contributed by atoms with E-state index in [4.69, 9.17) is 4.74 Å². The van der Waals surface area contributed by atoms with Crippen LogP contribution >= 0.6 is 0 Å². The second-order valence-electron chi connectivity index (χ2n) is 28.1. The number of nitrogens with one attached hydrogen (secondary N) is 1. The zero-order valence-electron chi connectivity index (χ0n) is 60.4. The molecule has 3 N–H and O–H groups in total. The normalized spacial score (nSPS) is 12.6. The highest BCUT2D eigenvalue weighted by atomic mass is 16.5. The number of esters is 1. The molecule has 0 aromatic carbocycles. The van der Waals surface area contributed by atoms with Gasteiger partial charge in [0.25, 0.3) is 0 Å². The van der Waals surface area contributed by atoms with Crippen LogP contribution in [0.25, 0.3) is 0 Å². The molecule has 6 heteroatoms. The predicted octanol–water partition coefficient (Wildman–Crippen LogP) is 27.0. The summed E-state index contributed by atoms with van der Waals surface area (Å²) in [7, 11) is 0. The fourth-order valence-corrected chi connectivity index (χ4v) is 13.0. The first-order chi connectivity index (χ1) is 44.0. The molecule has 0 bridgehead atoms. The number of carbonyl (C=O) groups excluding carboxylic acids is 2. The van der Waals surface area contributed by atoms with Crippen molar-refractivity contribution in [1.29, 1.82) is 0 Å². The lowest BCUT2D eigenvalue weighted by Crippen LogP contribution is -2.45. The number of aliphatic hydroxyl groups is 2. The molecule has 2 unspecified atom stereocenters. The summed E-state index contributed by atoms with van der Waals surface area (Å²) < 4.78 is 5.51. The fraction of sp³-hybridized carbons (Fsp3) is 0.904. The third-order valence-corrected chi connectivity index (χ3v) is 19.2. The van der Waals surface area contributed by atoms with E-state index in [0.717, 1.165) is 51.4 Å². The van der Waals surface area contributed by atoms with Crippen molar-refractivity contribution in [2.45, 2.75) is 469 Å². The Kier molecular flexibility index (Phi) is 76.8. The smallest absolute Gasteiger partial charge is 0.305 e. The van der Waals surface area contributed by atoms with Crippen molar-refractivity contribution >= 4 is 11.9 Å². The number of carbonyl (C=O) groups is 2. The highest BCUT2D eigenvalue weighted by Crippen LogP contribution is 2.20. The Morgan fingerprint density at radius 1 is 0.315 bits per heavy atom. The molecule has 0 radical (unpaired) electrons. The lowest BCUT2D eigenvalue weighted by molar-refractivity contribution is -0.143. The summed E-state index contributed by atoms with van der Waals surface area (Å²) in [4.78, 5) is 24.7. The minimum Gasteiger partial charge on any atom is -0.466 e. The number of ether oxygens (including phenoxy) is 1. The van der Waals surface area contributed by atoms with Crippen molar-refractivity contribution in [2.24, 2.45) is 0 Å². The second-order valence-corrected chi connectivity index (χ2v) is 28.1. The number of unbranched alkanes of at least 4 members (excludes halogenated alkanes) is 62. The zero-order chi connectivity index (χ0) is 64.2. The molecule has 0 heterocycles. The van der Waals surface area contributed by atoms with Gasteiger partial charge in [0.05, 0.1) is 25.4 Å². The van der Waals surface area contributed by atoms with Crippen LogP contribution in [-0.2, 0) is 14.3 Å². The molecule has 0 aromatic heterocycles. The lowest BCUT2D eigenvalue weighted by Gasteiger charge is -2.20. The monoisotopic (exact) mass is 1250 g/mol. The van der Waals surface area contributed by atoms with E-state index in [2.05, 4.69) is 43.5 Å². The van der Waals surface area contributed by atoms with Crippen LogP contribution in [-0.4, -0.2) is 47.4 Å². The Bertz CT molecular complexity index is 1440. The van der Waals surface area contributed by atoms with Crippen LogP contribution in [0.4, 0.5) is 0 Å². The molecule has 1 amide bonds. The van der Waals surface area contributed by atoms with Crippen molar-refractivity contribution in [2.75, 3.05) is 13.2 Å². The van der Waals surface area contributed by atoms with Gasteiger partial charge in [-0.15, -0.1) is 0 Å². The summed E-state index contributed by atoms with van der Waals surface area (Å²) in [5, 5.41) is 23.3. The van der Waals surface area contributed by atoms with Gasteiger partial charge in [-0.05, 0) is 64.2 Å². The predicted molar refractivity (Wildman–Crippen MR) is 393 cm³/mol. The van der Waals surface area contributed by atoms with Crippen LogP contribution in [0.3, 0.4) is 0 Å². The number of allylic oxidation sites excluding steroid dienone is 5. The fourth-order valence-electron chi connectivity index (χ4n) is 13.0. The highest BCUT2D eigenvalue weighted by molar-refractivity contribution is 5.76. The van der Waals surface area contributed by atoms with Gasteiger partial charge in [-0.2, -0.15) is 0 Å². The maximum absolute atomic E-state index is 12.5. The van der Waals surface area contributed by atoms with Crippen LogP contribution in [0.2, 0.25) is 0 Å². The molecular weight excluding hydrogens is 1090 g/mol. The molecule has 0 aromatic rings. The summed E-state index contributed by atoms with van der Waals surface area (Å²) in [5.41, 5.74) is 0. The minimum absolute atomic E-state index is 0.0149. The van der Waals surface area contributed by atoms with Gasteiger partial charge in [0.2, 0.25) is 5.91 Å². The number of aliphatic hydroxyl groups excluding tert-OH is 2. The van der Waals surface area contributed by atoms with Gasteiger partial charge in [0, 0.05) is 12.8 Å². The Labute approximate surface area is 557 Å². The van der Waals surface area contributed by atoms with Crippen LogP contribution in [0, 0.1) is 0 Å². The third kappa shape index (κ3) is 75.0. The topological polar surface area (TPSA) is 95.9 Å². The SMILES string of the molecule is CCCCCC/C=C\C/C=C\CCCCCCCCCC(=O)OCCCCCCCCCCCCCCCCCCCCCCCCCCCCCCCCCCCC(=O)NC(CO)C(O)/C=C/CCCCCCCCCCCCCCCCCCCCC. The number of rotatable bonds is 77. The van der Waals surface area contributed by atoms with Crippen molar-refractivity contribution in [3.63, 3.8) is 0 Å². The van der Waals surface area contributed by atoms with E-state index in [1.54, 1.807) is 6.08 Å². The van der Waals surface area contributed by atoms with E-state index in [1.807, 2.05) is 6.08 Å². The van der Waals surface area contributed by atoms with Gasteiger partial charge in [-0.25, -0.2) is 0 Å². The molecule has 89 heavy (non-hydrogen) atoms. The van der Waals surface area contributed by atoms with Gasteiger partial charge in [0.1, 0.15) is 0 Å². The molecule has 0 rings (SSSR count). The third-order valence-electron chi connectivity index (χ3n) is 19.2. The summed E-state index contributed by atoms with van der Waals surface area (Å²) in [5.74, 6) is -0.0436. The summed E-state index contributed by atoms with van der Waals surface area (Å²) in [6.45, 7) is 4.94. The van der Waals surface area contributed by atoms with E-state index in [-0.39, 0.29) is 18.5 Å².